The van der Waals surface area contributed by atoms with Crippen LogP contribution < -0.4 is 0 Å². The number of benzene rings is 1. The van der Waals surface area contributed by atoms with Crippen LogP contribution in [0.3, 0.4) is 0 Å². The third-order valence-electron chi connectivity index (χ3n) is 4.25. The fourth-order valence-electron chi connectivity index (χ4n) is 3.03. The molecule has 0 N–H and O–H groups in total. The SMILES string of the molecule is Clc1ccc2sc(C3CCN(Cn4cc(Cl)cn4)CC3)nc2c1. The molecule has 3 heterocycles. The number of fused-ring (bicyclic) bond motifs is 1. The molecule has 1 fully saturated rings. The number of rotatable bonds is 3. The highest BCUT2D eigenvalue weighted by Crippen LogP contribution is 2.34. The maximum absolute atomic E-state index is 6.05. The van der Waals surface area contributed by atoms with Gasteiger partial charge in [0, 0.05) is 30.2 Å². The molecule has 0 atom stereocenters. The van der Waals surface area contributed by atoms with Gasteiger partial charge >= 0.3 is 0 Å². The van der Waals surface area contributed by atoms with Crippen molar-refractivity contribution >= 4 is 44.8 Å². The fourth-order valence-corrected chi connectivity index (χ4v) is 4.47. The van der Waals surface area contributed by atoms with E-state index in [9.17, 15) is 0 Å². The van der Waals surface area contributed by atoms with Crippen LogP contribution >= 0.6 is 34.5 Å². The third kappa shape index (κ3) is 3.38. The Balaban J connectivity index is 1.42. The van der Waals surface area contributed by atoms with Crippen molar-refractivity contribution < 1.29 is 0 Å². The monoisotopic (exact) mass is 366 g/mol. The standard InChI is InChI=1S/C16H16Cl2N4S/c17-12-1-2-15-14(7-12)20-16(23-15)11-3-5-21(6-4-11)10-22-9-13(18)8-19-22/h1-2,7-9,11H,3-6,10H2. The first kappa shape index (κ1) is 15.4. The molecular weight excluding hydrogens is 351 g/mol. The van der Waals surface area contributed by atoms with Crippen LogP contribution in [0.25, 0.3) is 10.2 Å². The number of hydrogen-bond donors (Lipinski definition) is 0. The Morgan fingerprint density at radius 3 is 2.74 bits per heavy atom. The van der Waals surface area contributed by atoms with Crippen LogP contribution in [0, 0.1) is 0 Å². The number of nitrogens with zero attached hydrogens (tertiary/aromatic N) is 4. The molecule has 0 radical (unpaired) electrons. The van der Waals surface area contributed by atoms with Gasteiger partial charge in [-0.15, -0.1) is 11.3 Å². The topological polar surface area (TPSA) is 34.0 Å². The van der Waals surface area contributed by atoms with E-state index in [1.54, 1.807) is 17.5 Å². The van der Waals surface area contributed by atoms with Crippen molar-refractivity contribution in [1.82, 2.24) is 19.7 Å². The lowest BCUT2D eigenvalue weighted by Crippen LogP contribution is -2.34. The lowest BCUT2D eigenvalue weighted by molar-refractivity contribution is 0.161. The molecule has 3 aromatic rings. The summed E-state index contributed by atoms with van der Waals surface area (Å²) in [6.07, 6.45) is 5.80. The first-order valence-electron chi connectivity index (χ1n) is 7.64. The van der Waals surface area contributed by atoms with Crippen LogP contribution in [0.4, 0.5) is 0 Å². The van der Waals surface area contributed by atoms with Gasteiger partial charge in [-0.25, -0.2) is 4.98 Å². The van der Waals surface area contributed by atoms with E-state index in [0.29, 0.717) is 10.9 Å². The van der Waals surface area contributed by atoms with Gasteiger partial charge in [0.25, 0.3) is 0 Å². The molecule has 120 valence electrons. The number of aromatic nitrogens is 3. The fraction of sp³-hybridized carbons (Fsp3) is 0.375. The van der Waals surface area contributed by atoms with Crippen molar-refractivity contribution in [3.05, 3.63) is 45.6 Å². The molecule has 0 aliphatic carbocycles. The average molecular weight is 367 g/mol. The van der Waals surface area contributed by atoms with Crippen LogP contribution in [-0.4, -0.2) is 32.8 Å². The van der Waals surface area contributed by atoms with Crippen LogP contribution in [0.15, 0.2) is 30.6 Å². The van der Waals surface area contributed by atoms with Crippen LogP contribution in [0.5, 0.6) is 0 Å². The first-order valence-corrected chi connectivity index (χ1v) is 9.21. The van der Waals surface area contributed by atoms with Gasteiger partial charge in [0.2, 0.25) is 0 Å². The van der Waals surface area contributed by atoms with Gasteiger partial charge in [0.05, 0.1) is 33.1 Å². The van der Waals surface area contributed by atoms with E-state index in [-0.39, 0.29) is 0 Å². The highest BCUT2D eigenvalue weighted by Gasteiger charge is 2.23. The number of likely N-dealkylation sites (tertiary alicyclic amines) is 1. The van der Waals surface area contributed by atoms with Crippen molar-refractivity contribution in [3.63, 3.8) is 0 Å². The summed E-state index contributed by atoms with van der Waals surface area (Å²) >= 11 is 13.8. The number of halogens is 2. The lowest BCUT2D eigenvalue weighted by Gasteiger charge is -2.30. The molecule has 0 saturated carbocycles. The Hall–Kier alpha value is -1.14. The van der Waals surface area contributed by atoms with Crippen molar-refractivity contribution in [3.8, 4) is 0 Å². The van der Waals surface area contributed by atoms with E-state index < -0.39 is 0 Å². The second-order valence-corrected chi connectivity index (χ2v) is 7.83. The number of thiazole rings is 1. The van der Waals surface area contributed by atoms with Gasteiger partial charge in [-0.05, 0) is 31.0 Å². The zero-order valence-corrected chi connectivity index (χ0v) is 14.8. The van der Waals surface area contributed by atoms with Gasteiger partial charge in [0.15, 0.2) is 0 Å². The average Bonchev–Trinajstić information content (AvgIpc) is 3.14. The van der Waals surface area contributed by atoms with Gasteiger partial charge < -0.3 is 0 Å². The van der Waals surface area contributed by atoms with Crippen molar-refractivity contribution in [2.45, 2.75) is 25.4 Å². The molecule has 0 spiro atoms. The predicted molar refractivity (Wildman–Crippen MR) is 95.4 cm³/mol. The Kier molecular flexibility index (Phi) is 4.28. The van der Waals surface area contributed by atoms with E-state index in [2.05, 4.69) is 16.1 Å². The van der Waals surface area contributed by atoms with E-state index in [0.717, 1.165) is 43.1 Å². The third-order valence-corrected chi connectivity index (χ3v) is 5.88. The summed E-state index contributed by atoms with van der Waals surface area (Å²) in [5.74, 6) is 0.545. The molecular formula is C16H16Cl2N4S. The summed E-state index contributed by atoms with van der Waals surface area (Å²) in [5.41, 5.74) is 1.02. The van der Waals surface area contributed by atoms with Gasteiger partial charge in [-0.3, -0.25) is 9.58 Å². The molecule has 4 nitrogen and oxygen atoms in total. The molecule has 7 heteroatoms. The van der Waals surface area contributed by atoms with Gasteiger partial charge in [0.1, 0.15) is 0 Å². The summed E-state index contributed by atoms with van der Waals surface area (Å²) in [6.45, 7) is 2.91. The summed E-state index contributed by atoms with van der Waals surface area (Å²) in [4.78, 5) is 7.20. The highest BCUT2D eigenvalue weighted by atomic mass is 35.5. The Morgan fingerprint density at radius 2 is 2.00 bits per heavy atom. The van der Waals surface area contributed by atoms with E-state index >= 15 is 0 Å². The van der Waals surface area contributed by atoms with Crippen molar-refractivity contribution in [2.75, 3.05) is 13.1 Å². The van der Waals surface area contributed by atoms with Crippen molar-refractivity contribution in [1.29, 1.82) is 0 Å². The Morgan fingerprint density at radius 1 is 1.17 bits per heavy atom. The molecule has 2 aromatic heterocycles. The summed E-state index contributed by atoms with van der Waals surface area (Å²) in [7, 11) is 0. The smallest absolute Gasteiger partial charge is 0.0970 e. The summed E-state index contributed by atoms with van der Waals surface area (Å²) in [5, 5.41) is 6.92. The molecule has 1 aliphatic heterocycles. The Labute approximate surface area is 148 Å². The van der Waals surface area contributed by atoms with Crippen LogP contribution in [0.1, 0.15) is 23.8 Å². The molecule has 1 saturated heterocycles. The first-order chi connectivity index (χ1) is 11.2. The molecule has 1 aliphatic rings. The normalized spacial score (nSPS) is 17.1. The Bertz CT molecular complexity index is 820. The molecule has 0 unspecified atom stereocenters. The summed E-state index contributed by atoms with van der Waals surface area (Å²) in [6, 6.07) is 5.95. The van der Waals surface area contributed by atoms with Crippen LogP contribution in [-0.2, 0) is 6.67 Å². The maximum Gasteiger partial charge on any atom is 0.0970 e. The number of piperidine rings is 1. The van der Waals surface area contributed by atoms with Crippen molar-refractivity contribution in [2.24, 2.45) is 0 Å². The highest BCUT2D eigenvalue weighted by molar-refractivity contribution is 7.18. The molecule has 1 aromatic carbocycles. The quantitative estimate of drug-likeness (QED) is 0.677. The van der Waals surface area contributed by atoms with E-state index in [1.165, 1.54) is 9.71 Å². The largest absolute Gasteiger partial charge is 0.284 e. The predicted octanol–water partition coefficient (Wildman–Crippen LogP) is 4.64. The second kappa shape index (κ2) is 6.40. The molecule has 0 bridgehead atoms. The minimum Gasteiger partial charge on any atom is -0.284 e. The maximum atomic E-state index is 6.05. The van der Waals surface area contributed by atoms with Gasteiger partial charge in [-0.2, -0.15) is 5.10 Å². The summed E-state index contributed by atoms with van der Waals surface area (Å²) < 4.78 is 3.11. The molecule has 4 rings (SSSR count). The minimum atomic E-state index is 0.545. The lowest BCUT2D eigenvalue weighted by atomic mass is 9.98. The van der Waals surface area contributed by atoms with Gasteiger partial charge in [-0.1, -0.05) is 23.2 Å². The minimum absolute atomic E-state index is 0.545. The van der Waals surface area contributed by atoms with E-state index in [4.69, 9.17) is 28.2 Å². The number of hydrogen-bond acceptors (Lipinski definition) is 4. The van der Waals surface area contributed by atoms with E-state index in [1.807, 2.05) is 23.0 Å². The molecule has 23 heavy (non-hydrogen) atoms. The zero-order valence-electron chi connectivity index (χ0n) is 12.5. The van der Waals surface area contributed by atoms with Crippen LogP contribution in [0.2, 0.25) is 10.0 Å². The molecule has 0 amide bonds. The second-order valence-electron chi connectivity index (χ2n) is 5.90. The zero-order chi connectivity index (χ0) is 15.8.